The van der Waals surface area contributed by atoms with Crippen LogP contribution in [0.5, 0.6) is 0 Å². The van der Waals surface area contributed by atoms with E-state index in [4.69, 9.17) is 5.73 Å². The topological polar surface area (TPSA) is 29.3 Å². The molecule has 0 aliphatic carbocycles. The van der Waals surface area contributed by atoms with Gasteiger partial charge in [-0.1, -0.05) is 32.9 Å². The lowest BCUT2D eigenvalue weighted by Crippen LogP contribution is -2.26. The van der Waals surface area contributed by atoms with E-state index in [9.17, 15) is 0 Å². The van der Waals surface area contributed by atoms with Gasteiger partial charge in [0.05, 0.1) is 0 Å². The highest BCUT2D eigenvalue weighted by atomic mass is 15.1. The minimum Gasteiger partial charge on any atom is -0.373 e. The van der Waals surface area contributed by atoms with Crippen molar-refractivity contribution >= 4 is 5.69 Å². The van der Waals surface area contributed by atoms with Gasteiger partial charge in [0.15, 0.2) is 0 Å². The predicted octanol–water partition coefficient (Wildman–Crippen LogP) is 3.00. The Hall–Kier alpha value is -1.02. The lowest BCUT2D eigenvalue weighted by atomic mass is 9.84. The van der Waals surface area contributed by atoms with Gasteiger partial charge in [-0.15, -0.1) is 0 Å². The molecule has 0 heterocycles. The number of hydrogen-bond donors (Lipinski definition) is 1. The third kappa shape index (κ3) is 3.22. The van der Waals surface area contributed by atoms with E-state index >= 15 is 0 Å². The number of nitrogens with two attached hydrogens (primary N) is 1. The average molecular weight is 234 g/mol. The second-order valence-electron chi connectivity index (χ2n) is 5.92. The molecule has 2 N–H and O–H groups in total. The second kappa shape index (κ2) is 5.09. The number of benzene rings is 1. The molecule has 0 bridgehead atoms. The molecule has 0 radical (unpaired) electrons. The molecule has 1 rings (SSSR count). The van der Waals surface area contributed by atoms with Crippen LogP contribution in [0.1, 0.15) is 37.5 Å². The molecule has 2 heteroatoms. The van der Waals surface area contributed by atoms with Gasteiger partial charge in [0, 0.05) is 25.8 Å². The van der Waals surface area contributed by atoms with Crippen LogP contribution >= 0.6 is 0 Å². The monoisotopic (exact) mass is 234 g/mol. The average Bonchev–Trinajstić information content (AvgIpc) is 2.15. The zero-order chi connectivity index (χ0) is 13.2. The Labute approximate surface area is 106 Å². The molecule has 2 nitrogen and oxygen atoms in total. The molecule has 0 fully saturated rings. The van der Waals surface area contributed by atoms with Crippen molar-refractivity contribution in [1.82, 2.24) is 0 Å². The summed E-state index contributed by atoms with van der Waals surface area (Å²) >= 11 is 0. The van der Waals surface area contributed by atoms with Crippen molar-refractivity contribution in [3.05, 3.63) is 28.8 Å². The number of rotatable bonds is 3. The third-order valence-corrected chi connectivity index (χ3v) is 3.20. The smallest absolute Gasteiger partial charge is 0.0423 e. The van der Waals surface area contributed by atoms with Gasteiger partial charge in [-0.05, 0) is 36.0 Å². The summed E-state index contributed by atoms with van der Waals surface area (Å²) in [7, 11) is 2.11. The van der Waals surface area contributed by atoms with Crippen LogP contribution in [0, 0.1) is 13.8 Å². The van der Waals surface area contributed by atoms with E-state index in [1.54, 1.807) is 0 Å². The zero-order valence-electron chi connectivity index (χ0n) is 12.1. The number of likely N-dealkylation sites (N-methyl/N-ethyl adjacent to an activating group) is 1. The van der Waals surface area contributed by atoms with E-state index in [1.165, 1.54) is 22.4 Å². The summed E-state index contributed by atoms with van der Waals surface area (Å²) in [6, 6.07) is 4.60. The number of anilines is 1. The van der Waals surface area contributed by atoms with E-state index in [1.807, 2.05) is 0 Å². The van der Waals surface area contributed by atoms with E-state index in [0.29, 0.717) is 6.54 Å². The maximum atomic E-state index is 5.62. The van der Waals surface area contributed by atoms with E-state index < -0.39 is 0 Å². The van der Waals surface area contributed by atoms with Crippen LogP contribution in [0.15, 0.2) is 12.1 Å². The lowest BCUT2D eigenvalue weighted by Gasteiger charge is -2.27. The summed E-state index contributed by atoms with van der Waals surface area (Å²) < 4.78 is 0. The Kier molecular flexibility index (Phi) is 4.21. The maximum absolute atomic E-state index is 5.62. The summed E-state index contributed by atoms with van der Waals surface area (Å²) in [5.74, 6) is 0. The molecule has 1 aromatic rings. The van der Waals surface area contributed by atoms with Crippen molar-refractivity contribution in [3.63, 3.8) is 0 Å². The first-order valence-electron chi connectivity index (χ1n) is 6.30. The molecule has 0 aliphatic heterocycles. The molecular formula is C15H26N2. The Morgan fingerprint density at radius 3 is 1.94 bits per heavy atom. The largest absolute Gasteiger partial charge is 0.373 e. The normalized spacial score (nSPS) is 11.7. The minimum atomic E-state index is 0.209. The summed E-state index contributed by atoms with van der Waals surface area (Å²) in [5.41, 5.74) is 11.2. The van der Waals surface area contributed by atoms with Crippen molar-refractivity contribution in [3.8, 4) is 0 Å². The van der Waals surface area contributed by atoms with Crippen LogP contribution in [-0.4, -0.2) is 20.1 Å². The van der Waals surface area contributed by atoms with Gasteiger partial charge in [-0.3, -0.25) is 0 Å². The molecule has 0 amide bonds. The van der Waals surface area contributed by atoms with Gasteiger partial charge < -0.3 is 10.6 Å². The molecule has 0 saturated heterocycles. The van der Waals surface area contributed by atoms with Crippen LogP contribution in [0.4, 0.5) is 5.69 Å². The van der Waals surface area contributed by atoms with Crippen molar-refractivity contribution in [2.75, 3.05) is 25.0 Å². The van der Waals surface area contributed by atoms with Gasteiger partial charge in [-0.25, -0.2) is 0 Å². The molecule has 96 valence electrons. The van der Waals surface area contributed by atoms with Crippen molar-refractivity contribution < 1.29 is 0 Å². The van der Waals surface area contributed by atoms with Crippen molar-refractivity contribution in [2.45, 2.75) is 40.0 Å². The van der Waals surface area contributed by atoms with Crippen LogP contribution in [0.2, 0.25) is 0 Å². The summed E-state index contributed by atoms with van der Waals surface area (Å²) in [6.45, 7) is 12.7. The first kappa shape index (κ1) is 14.0. The fraction of sp³-hybridized carbons (Fsp3) is 0.600. The van der Waals surface area contributed by atoms with Gasteiger partial charge >= 0.3 is 0 Å². The van der Waals surface area contributed by atoms with Crippen LogP contribution in [0.25, 0.3) is 0 Å². The fourth-order valence-electron chi connectivity index (χ4n) is 2.30. The number of aryl methyl sites for hydroxylation is 2. The first-order chi connectivity index (χ1) is 7.77. The highest BCUT2D eigenvalue weighted by Gasteiger charge is 2.17. The first-order valence-corrected chi connectivity index (χ1v) is 6.30. The minimum absolute atomic E-state index is 0.209. The van der Waals surface area contributed by atoms with Gasteiger partial charge in [0.2, 0.25) is 0 Å². The molecule has 17 heavy (non-hydrogen) atoms. The molecule has 0 spiro atoms. The zero-order valence-corrected chi connectivity index (χ0v) is 12.1. The summed E-state index contributed by atoms with van der Waals surface area (Å²) in [6.07, 6.45) is 0. The molecule has 0 saturated carbocycles. The molecule has 0 aliphatic rings. The summed E-state index contributed by atoms with van der Waals surface area (Å²) in [5, 5.41) is 0. The lowest BCUT2D eigenvalue weighted by molar-refractivity contribution is 0.589. The van der Waals surface area contributed by atoms with E-state index in [0.717, 1.165) is 6.54 Å². The Balaban J connectivity index is 3.20. The molecule has 1 aromatic carbocycles. The standard InChI is InChI=1S/C15H26N2/c1-11-9-13(15(3,4)5)10-12(2)14(11)17(6)8-7-16/h9-10H,7-8,16H2,1-6H3. The highest BCUT2D eigenvalue weighted by Crippen LogP contribution is 2.31. The third-order valence-electron chi connectivity index (χ3n) is 3.20. The highest BCUT2D eigenvalue weighted by molar-refractivity contribution is 5.60. The summed E-state index contributed by atoms with van der Waals surface area (Å²) in [4.78, 5) is 2.25. The van der Waals surface area contributed by atoms with Crippen LogP contribution < -0.4 is 10.6 Å². The Bertz CT molecular complexity index is 365. The number of nitrogens with zero attached hydrogens (tertiary/aromatic N) is 1. The molecule has 0 aromatic heterocycles. The van der Waals surface area contributed by atoms with Crippen molar-refractivity contribution in [2.24, 2.45) is 5.73 Å². The molecule has 0 atom stereocenters. The van der Waals surface area contributed by atoms with Gasteiger partial charge in [-0.2, -0.15) is 0 Å². The predicted molar refractivity (Wildman–Crippen MR) is 76.9 cm³/mol. The SMILES string of the molecule is Cc1cc(C(C)(C)C)cc(C)c1N(C)CCN. The molecular weight excluding hydrogens is 208 g/mol. The molecule has 0 unspecified atom stereocenters. The van der Waals surface area contributed by atoms with Gasteiger partial charge in [0.1, 0.15) is 0 Å². The fourth-order valence-corrected chi connectivity index (χ4v) is 2.30. The Morgan fingerprint density at radius 1 is 1.12 bits per heavy atom. The van der Waals surface area contributed by atoms with Crippen LogP contribution in [0.3, 0.4) is 0 Å². The van der Waals surface area contributed by atoms with Crippen LogP contribution in [-0.2, 0) is 5.41 Å². The number of hydrogen-bond acceptors (Lipinski definition) is 2. The second-order valence-corrected chi connectivity index (χ2v) is 5.92. The maximum Gasteiger partial charge on any atom is 0.0423 e. The van der Waals surface area contributed by atoms with E-state index in [2.05, 4.69) is 58.7 Å². The van der Waals surface area contributed by atoms with Gasteiger partial charge in [0.25, 0.3) is 0 Å². The quantitative estimate of drug-likeness (QED) is 0.871. The Morgan fingerprint density at radius 2 is 1.59 bits per heavy atom. The van der Waals surface area contributed by atoms with Crippen molar-refractivity contribution in [1.29, 1.82) is 0 Å². The van der Waals surface area contributed by atoms with E-state index in [-0.39, 0.29) is 5.41 Å².